The maximum absolute atomic E-state index is 13.0. The van der Waals surface area contributed by atoms with Crippen molar-refractivity contribution in [3.05, 3.63) is 65.7 Å². The number of carbonyl (C=O) groups is 4. The number of nitrogens with zero attached hydrogens (tertiary/aromatic N) is 1. The Morgan fingerprint density at radius 1 is 0.938 bits per heavy atom. The Labute approximate surface area is 186 Å². The van der Waals surface area contributed by atoms with Gasteiger partial charge in [-0.2, -0.15) is 0 Å². The Hall–Kier alpha value is -3.88. The molecule has 0 spiro atoms. The van der Waals surface area contributed by atoms with Crippen molar-refractivity contribution in [3.8, 4) is 0 Å². The van der Waals surface area contributed by atoms with Crippen LogP contribution < -0.4 is 10.7 Å². The van der Waals surface area contributed by atoms with Gasteiger partial charge in [0.2, 0.25) is 5.91 Å². The summed E-state index contributed by atoms with van der Waals surface area (Å²) >= 11 is 0. The normalized spacial score (nSPS) is 11.3. The van der Waals surface area contributed by atoms with E-state index in [0.29, 0.717) is 17.1 Å². The Morgan fingerprint density at radius 2 is 1.59 bits per heavy atom. The SMILES string of the molecule is CCCCCNC(=O)[C@H](Cc1ccccc1)N(Nc1ccccc1C(=O)O)C(=O)C(=O)O. The van der Waals surface area contributed by atoms with Crippen LogP contribution >= 0.6 is 0 Å². The van der Waals surface area contributed by atoms with E-state index in [-0.39, 0.29) is 17.7 Å². The first-order chi connectivity index (χ1) is 15.3. The predicted molar refractivity (Wildman–Crippen MR) is 118 cm³/mol. The lowest BCUT2D eigenvalue weighted by Crippen LogP contribution is -2.55. The van der Waals surface area contributed by atoms with E-state index in [0.717, 1.165) is 19.3 Å². The molecule has 0 bridgehead atoms. The number of hydrazine groups is 1. The van der Waals surface area contributed by atoms with Gasteiger partial charge in [0.1, 0.15) is 6.04 Å². The largest absolute Gasteiger partial charge is 0.478 e. The summed E-state index contributed by atoms with van der Waals surface area (Å²) in [6, 6.07) is 13.3. The summed E-state index contributed by atoms with van der Waals surface area (Å²) in [6.45, 7) is 2.40. The summed E-state index contributed by atoms with van der Waals surface area (Å²) in [5, 5.41) is 22.2. The molecule has 0 aromatic heterocycles. The van der Waals surface area contributed by atoms with E-state index in [4.69, 9.17) is 0 Å². The second kappa shape index (κ2) is 12.1. The second-order valence-corrected chi connectivity index (χ2v) is 7.15. The number of para-hydroxylation sites is 1. The number of nitrogens with one attached hydrogen (secondary N) is 2. The first-order valence-electron chi connectivity index (χ1n) is 10.3. The fourth-order valence-electron chi connectivity index (χ4n) is 3.11. The van der Waals surface area contributed by atoms with Crippen LogP contribution in [-0.4, -0.2) is 51.6 Å². The number of carboxylic acid groups (broad SMARTS) is 2. The average Bonchev–Trinajstić information content (AvgIpc) is 2.79. The van der Waals surface area contributed by atoms with Gasteiger partial charge < -0.3 is 15.5 Å². The molecule has 0 aliphatic heterocycles. The number of aromatic carboxylic acids is 1. The number of carboxylic acids is 2. The lowest BCUT2D eigenvalue weighted by atomic mass is 10.0. The van der Waals surface area contributed by atoms with E-state index in [1.54, 1.807) is 30.3 Å². The molecular weight excluding hydrogens is 414 g/mol. The van der Waals surface area contributed by atoms with Gasteiger partial charge in [-0.15, -0.1) is 0 Å². The third-order valence-corrected chi connectivity index (χ3v) is 4.77. The average molecular weight is 441 g/mol. The Morgan fingerprint density at radius 3 is 2.22 bits per heavy atom. The van der Waals surface area contributed by atoms with Crippen LogP contribution in [0.25, 0.3) is 0 Å². The van der Waals surface area contributed by atoms with Crippen molar-refractivity contribution in [2.24, 2.45) is 0 Å². The van der Waals surface area contributed by atoms with Gasteiger partial charge in [-0.3, -0.25) is 15.0 Å². The molecule has 2 amide bonds. The van der Waals surface area contributed by atoms with Crippen LogP contribution in [0.4, 0.5) is 5.69 Å². The highest BCUT2D eigenvalue weighted by Gasteiger charge is 2.34. The van der Waals surface area contributed by atoms with Gasteiger partial charge in [-0.05, 0) is 24.1 Å². The monoisotopic (exact) mass is 441 g/mol. The molecule has 2 aromatic rings. The van der Waals surface area contributed by atoms with Gasteiger partial charge in [0.25, 0.3) is 0 Å². The molecule has 0 aliphatic carbocycles. The van der Waals surface area contributed by atoms with E-state index < -0.39 is 29.8 Å². The highest BCUT2D eigenvalue weighted by molar-refractivity contribution is 6.32. The van der Waals surface area contributed by atoms with E-state index in [9.17, 15) is 29.4 Å². The molecule has 0 heterocycles. The zero-order valence-electron chi connectivity index (χ0n) is 17.8. The Balaban J connectivity index is 2.41. The molecule has 1 atom stereocenters. The molecule has 0 saturated carbocycles. The van der Waals surface area contributed by atoms with Crippen LogP contribution in [0.5, 0.6) is 0 Å². The lowest BCUT2D eigenvalue weighted by Gasteiger charge is -2.31. The minimum Gasteiger partial charge on any atom is -0.478 e. The number of aliphatic carboxylic acids is 1. The number of benzene rings is 2. The van der Waals surface area contributed by atoms with Crippen molar-refractivity contribution in [2.75, 3.05) is 12.0 Å². The summed E-state index contributed by atoms with van der Waals surface area (Å²) in [4.78, 5) is 48.7. The summed E-state index contributed by atoms with van der Waals surface area (Å²) in [5.74, 6) is -4.96. The van der Waals surface area contributed by atoms with Crippen molar-refractivity contribution >= 4 is 29.4 Å². The van der Waals surface area contributed by atoms with Gasteiger partial charge in [-0.25, -0.2) is 14.6 Å². The number of unbranched alkanes of at least 4 members (excludes halogenated alkanes) is 2. The Kier molecular flexibility index (Phi) is 9.22. The number of anilines is 1. The van der Waals surface area contributed by atoms with E-state index in [2.05, 4.69) is 10.7 Å². The summed E-state index contributed by atoms with van der Waals surface area (Å²) in [7, 11) is 0. The number of amides is 2. The molecule has 0 unspecified atom stereocenters. The van der Waals surface area contributed by atoms with E-state index >= 15 is 0 Å². The molecule has 2 aromatic carbocycles. The summed E-state index contributed by atoms with van der Waals surface area (Å²) in [6.07, 6.45) is 2.64. The number of hydrogen-bond donors (Lipinski definition) is 4. The number of hydrogen-bond acceptors (Lipinski definition) is 5. The van der Waals surface area contributed by atoms with E-state index in [1.165, 1.54) is 24.3 Å². The van der Waals surface area contributed by atoms with Gasteiger partial charge in [-0.1, -0.05) is 62.2 Å². The molecule has 170 valence electrons. The van der Waals surface area contributed by atoms with Gasteiger partial charge in [0.15, 0.2) is 0 Å². The third-order valence-electron chi connectivity index (χ3n) is 4.77. The number of rotatable bonds is 11. The molecule has 0 radical (unpaired) electrons. The van der Waals surface area contributed by atoms with E-state index in [1.807, 2.05) is 6.92 Å². The van der Waals surface area contributed by atoms with Crippen LogP contribution in [0.2, 0.25) is 0 Å². The fourth-order valence-corrected chi connectivity index (χ4v) is 3.11. The van der Waals surface area contributed by atoms with Crippen LogP contribution in [0, 0.1) is 0 Å². The van der Waals surface area contributed by atoms with Crippen molar-refractivity contribution in [1.82, 2.24) is 10.3 Å². The van der Waals surface area contributed by atoms with Crippen molar-refractivity contribution < 1.29 is 29.4 Å². The van der Waals surface area contributed by atoms with Crippen molar-refractivity contribution in [3.63, 3.8) is 0 Å². The first kappa shape index (κ1) is 24.4. The topological polar surface area (TPSA) is 136 Å². The maximum Gasteiger partial charge on any atom is 0.396 e. The zero-order valence-corrected chi connectivity index (χ0v) is 17.8. The third kappa shape index (κ3) is 6.83. The van der Waals surface area contributed by atoms with Crippen LogP contribution in [0.1, 0.15) is 42.1 Å². The van der Waals surface area contributed by atoms with Crippen molar-refractivity contribution in [2.45, 2.75) is 38.6 Å². The zero-order chi connectivity index (χ0) is 23.5. The summed E-state index contributed by atoms with van der Waals surface area (Å²) in [5.41, 5.74) is 3.10. The minimum absolute atomic E-state index is 0.00792. The smallest absolute Gasteiger partial charge is 0.396 e. The molecule has 9 nitrogen and oxygen atoms in total. The maximum atomic E-state index is 13.0. The lowest BCUT2D eigenvalue weighted by molar-refractivity contribution is -0.157. The number of carbonyl (C=O) groups excluding carboxylic acids is 2. The Bertz CT molecular complexity index is 948. The van der Waals surface area contributed by atoms with Gasteiger partial charge >= 0.3 is 17.8 Å². The minimum atomic E-state index is -1.78. The second-order valence-electron chi connectivity index (χ2n) is 7.15. The highest BCUT2D eigenvalue weighted by Crippen LogP contribution is 2.19. The quantitative estimate of drug-likeness (QED) is 0.239. The van der Waals surface area contributed by atoms with Crippen molar-refractivity contribution in [1.29, 1.82) is 0 Å². The molecule has 9 heteroatoms. The summed E-state index contributed by atoms with van der Waals surface area (Å²) < 4.78 is 0. The molecule has 0 aliphatic rings. The van der Waals surface area contributed by atoms with Crippen LogP contribution in [0.15, 0.2) is 54.6 Å². The van der Waals surface area contributed by atoms with Gasteiger partial charge in [0.05, 0.1) is 11.3 Å². The fraction of sp³-hybridized carbons (Fsp3) is 0.304. The van der Waals surface area contributed by atoms with Gasteiger partial charge in [0, 0.05) is 13.0 Å². The standard InChI is InChI=1S/C23H27N3O6/c1-2-3-9-14-24-20(27)19(15-16-10-5-4-6-11-16)26(21(28)23(31)32)25-18-13-8-7-12-17(18)22(29)30/h4-8,10-13,19,25H,2-3,9,14-15H2,1H3,(H,24,27)(H,29,30)(H,31,32)/t19-/m0/s1. The molecule has 32 heavy (non-hydrogen) atoms. The highest BCUT2D eigenvalue weighted by atomic mass is 16.4. The predicted octanol–water partition coefficient (Wildman–Crippen LogP) is 2.54. The van der Waals surface area contributed by atoms with Crippen LogP contribution in [-0.2, 0) is 20.8 Å². The molecule has 4 N–H and O–H groups in total. The van der Waals surface area contributed by atoms with Crippen LogP contribution in [0.3, 0.4) is 0 Å². The molecule has 0 fully saturated rings. The molecule has 2 rings (SSSR count). The molecule has 0 saturated heterocycles. The first-order valence-corrected chi connectivity index (χ1v) is 10.3. The molecular formula is C23H27N3O6.